The Kier molecular flexibility index (Phi) is 14.4. The number of hydrogen-bond acceptors (Lipinski definition) is 7. The molecular weight excluding hydrogens is 650 g/mol. The zero-order valence-corrected chi connectivity index (χ0v) is 29.9. The quantitative estimate of drug-likeness (QED) is 0.168. The van der Waals surface area contributed by atoms with Gasteiger partial charge in [-0.2, -0.15) is 0 Å². The Labute approximate surface area is 289 Å². The summed E-state index contributed by atoms with van der Waals surface area (Å²) in [5.74, 6) is -3.66. The van der Waals surface area contributed by atoms with Crippen molar-refractivity contribution in [1.29, 1.82) is 0 Å². The number of sulfone groups is 1. The summed E-state index contributed by atoms with van der Waals surface area (Å²) in [4.78, 5) is 33.8. The van der Waals surface area contributed by atoms with E-state index >= 15 is 0 Å². The number of benzene rings is 2. The molecule has 1 unspecified atom stereocenters. The minimum Gasteiger partial charge on any atom is -0.390 e. The highest BCUT2D eigenvalue weighted by Crippen LogP contribution is 2.24. The van der Waals surface area contributed by atoms with Gasteiger partial charge < -0.3 is 21.1 Å². The van der Waals surface area contributed by atoms with Gasteiger partial charge in [0.25, 0.3) is 5.91 Å². The summed E-state index contributed by atoms with van der Waals surface area (Å²) in [6, 6.07) is 11.0. The van der Waals surface area contributed by atoms with Gasteiger partial charge >= 0.3 is 0 Å². The van der Waals surface area contributed by atoms with Crippen LogP contribution in [0.1, 0.15) is 86.0 Å². The molecule has 0 saturated heterocycles. The van der Waals surface area contributed by atoms with Crippen molar-refractivity contribution in [1.82, 2.24) is 15.2 Å². The first kappa shape index (κ1) is 39.7. The Morgan fingerprint density at radius 1 is 0.980 bits per heavy atom. The first-order valence-electron chi connectivity index (χ1n) is 16.8. The molecule has 3 rings (SSSR count). The van der Waals surface area contributed by atoms with Crippen LogP contribution in [-0.4, -0.2) is 70.5 Å². The van der Waals surface area contributed by atoms with Crippen LogP contribution >= 0.6 is 0 Å². The highest BCUT2D eigenvalue weighted by molar-refractivity contribution is 7.92. The van der Waals surface area contributed by atoms with Crippen LogP contribution in [0.15, 0.2) is 60.9 Å². The van der Waals surface area contributed by atoms with Crippen LogP contribution < -0.4 is 11.1 Å². The second kappa shape index (κ2) is 17.8. The number of aliphatic hydroxyl groups excluding tert-OH is 1. The largest absolute Gasteiger partial charge is 0.390 e. The second-order valence-electron chi connectivity index (χ2n) is 13.1. The Morgan fingerprint density at radius 2 is 1.61 bits per heavy atom. The van der Waals surface area contributed by atoms with Crippen LogP contribution in [0.5, 0.6) is 0 Å². The van der Waals surface area contributed by atoms with E-state index in [1.807, 2.05) is 45.0 Å². The first-order chi connectivity index (χ1) is 23.1. The number of carbonyl (C=O) groups is 2. The fourth-order valence-corrected chi connectivity index (χ4v) is 8.48. The van der Waals surface area contributed by atoms with Gasteiger partial charge in [-0.1, -0.05) is 57.9 Å². The van der Waals surface area contributed by atoms with Crippen molar-refractivity contribution in [2.45, 2.75) is 103 Å². The van der Waals surface area contributed by atoms with Crippen molar-refractivity contribution >= 4 is 21.7 Å². The topological polar surface area (TPSA) is 143 Å². The monoisotopic (exact) mass is 700 g/mol. The molecule has 2 amide bonds. The van der Waals surface area contributed by atoms with Crippen molar-refractivity contribution in [3.63, 3.8) is 0 Å². The number of aromatic nitrogens is 1. The van der Waals surface area contributed by atoms with Crippen LogP contribution in [0.4, 0.5) is 8.78 Å². The van der Waals surface area contributed by atoms with Crippen molar-refractivity contribution in [2.24, 2.45) is 5.73 Å². The van der Waals surface area contributed by atoms with E-state index in [2.05, 4.69) is 10.3 Å². The lowest BCUT2D eigenvalue weighted by Gasteiger charge is -2.37. The van der Waals surface area contributed by atoms with Crippen molar-refractivity contribution < 1.29 is 31.9 Å². The van der Waals surface area contributed by atoms with E-state index in [0.29, 0.717) is 31.2 Å². The van der Waals surface area contributed by atoms with Crippen molar-refractivity contribution in [3.05, 3.63) is 100 Å². The van der Waals surface area contributed by atoms with Crippen LogP contribution in [0.3, 0.4) is 0 Å². The van der Waals surface area contributed by atoms with Gasteiger partial charge in [0.1, 0.15) is 17.2 Å². The molecule has 0 aliphatic heterocycles. The molecule has 2 aromatic carbocycles. The van der Waals surface area contributed by atoms with E-state index in [1.54, 1.807) is 19.2 Å². The molecular formula is C37H50F2N4O5S. The Morgan fingerprint density at radius 3 is 2.20 bits per heavy atom. The van der Waals surface area contributed by atoms with Gasteiger partial charge in [0.05, 0.1) is 22.7 Å². The smallest absolute Gasteiger partial charge is 0.253 e. The van der Waals surface area contributed by atoms with E-state index in [0.717, 1.165) is 35.7 Å². The number of rotatable bonds is 18. The number of carbonyl (C=O) groups excluding carboxylic acids is 2. The molecule has 3 aromatic rings. The molecule has 0 radical (unpaired) electrons. The average Bonchev–Trinajstić information content (AvgIpc) is 3.03. The molecule has 0 spiro atoms. The number of nitrogens with one attached hydrogen (secondary N) is 1. The molecule has 0 fully saturated rings. The molecule has 3 atom stereocenters. The number of pyridine rings is 1. The van der Waals surface area contributed by atoms with Crippen molar-refractivity contribution in [2.75, 3.05) is 12.3 Å². The average molecular weight is 701 g/mol. The van der Waals surface area contributed by atoms with E-state index in [-0.39, 0.29) is 30.6 Å². The van der Waals surface area contributed by atoms with E-state index in [4.69, 9.17) is 5.73 Å². The third-order valence-corrected chi connectivity index (χ3v) is 11.0. The number of nitrogens with two attached hydrogens (primary N) is 1. The maximum Gasteiger partial charge on any atom is 0.253 e. The first-order valence-corrected chi connectivity index (χ1v) is 18.5. The van der Waals surface area contributed by atoms with Gasteiger partial charge in [0.15, 0.2) is 9.84 Å². The molecule has 49 heavy (non-hydrogen) atoms. The fraction of sp³-hybridized carbons (Fsp3) is 0.486. The van der Waals surface area contributed by atoms with Gasteiger partial charge in [0.2, 0.25) is 5.91 Å². The van der Waals surface area contributed by atoms with Gasteiger partial charge in [-0.15, -0.1) is 0 Å². The summed E-state index contributed by atoms with van der Waals surface area (Å²) >= 11 is 0. The fourth-order valence-electron chi connectivity index (χ4n) is 6.06. The molecule has 1 heterocycles. The summed E-state index contributed by atoms with van der Waals surface area (Å²) in [5, 5.41) is 13.3. The highest BCUT2D eigenvalue weighted by atomic mass is 32.2. The minimum atomic E-state index is -3.93. The molecule has 0 bridgehead atoms. The molecule has 0 saturated carbocycles. The van der Waals surface area contributed by atoms with Crippen LogP contribution in [0, 0.1) is 18.6 Å². The maximum atomic E-state index is 14.8. The van der Waals surface area contributed by atoms with Crippen molar-refractivity contribution in [3.8, 4) is 0 Å². The molecule has 268 valence electrons. The lowest BCUT2D eigenvalue weighted by molar-refractivity contribution is -0.139. The van der Waals surface area contributed by atoms with E-state index < -0.39 is 62.0 Å². The molecule has 12 heteroatoms. The number of hydrogen-bond donors (Lipinski definition) is 3. The lowest BCUT2D eigenvalue weighted by Crippen LogP contribution is -2.63. The number of amides is 2. The molecule has 4 N–H and O–H groups in total. The summed E-state index contributed by atoms with van der Waals surface area (Å²) in [5.41, 5.74) is 7.16. The Balaban J connectivity index is 2.06. The SMILES string of the molecule is CCCC(CCC)S(=O)(=O)CC(C)(NC(=O)c1cncc(C)c1)C(=O)N(Cc1cccc(CC)c1)C[C@@H](O)[C@@H](N)Cc1cc(F)cc(F)c1. The molecule has 0 aliphatic carbocycles. The van der Waals surface area contributed by atoms with Crippen LogP contribution in [0.25, 0.3) is 0 Å². The zero-order chi connectivity index (χ0) is 36.4. The highest BCUT2D eigenvalue weighted by Gasteiger charge is 2.44. The number of aliphatic hydroxyl groups is 1. The minimum absolute atomic E-state index is 0.0318. The third-order valence-electron chi connectivity index (χ3n) is 8.57. The summed E-state index contributed by atoms with van der Waals surface area (Å²) in [7, 11) is -3.93. The van der Waals surface area contributed by atoms with E-state index in [9.17, 15) is 31.9 Å². The lowest BCUT2D eigenvalue weighted by atomic mass is 9.98. The van der Waals surface area contributed by atoms with Gasteiger partial charge in [-0.25, -0.2) is 17.2 Å². The standard InChI is InChI=1S/C37H50F2N4O5S/c1-6-10-32(11-7-2)49(47,48)24-37(5,42-35(45)29-14-25(4)20-41-21-29)36(46)43(22-27-13-9-12-26(8-3)15-27)23-34(44)33(40)18-28-16-30(38)19-31(39)17-28/h9,12-17,19-21,32-34,44H,6-8,10-11,18,22-24,40H2,1-5H3,(H,42,45)/t33-,34+,37?/m0/s1. The Hall–Kier alpha value is -3.74. The predicted octanol–water partition coefficient (Wildman–Crippen LogP) is 5.06. The van der Waals surface area contributed by atoms with Gasteiger partial charge in [-0.05, 0) is 80.0 Å². The maximum absolute atomic E-state index is 14.8. The molecule has 0 aliphatic rings. The van der Waals surface area contributed by atoms with Crippen LogP contribution in [-0.2, 0) is 34.0 Å². The van der Waals surface area contributed by atoms with Gasteiger partial charge in [0, 0.05) is 37.6 Å². The Bertz CT molecular complexity index is 1660. The predicted molar refractivity (Wildman–Crippen MR) is 188 cm³/mol. The zero-order valence-electron chi connectivity index (χ0n) is 29.1. The number of halogens is 2. The summed E-state index contributed by atoms with van der Waals surface area (Å²) in [6.07, 6.45) is 4.20. The number of nitrogens with zero attached hydrogens (tertiary/aromatic N) is 2. The third kappa shape index (κ3) is 11.4. The summed E-state index contributed by atoms with van der Waals surface area (Å²) in [6.45, 7) is 8.54. The normalized spacial score (nSPS) is 14.2. The van der Waals surface area contributed by atoms with E-state index in [1.165, 1.54) is 18.0 Å². The van der Waals surface area contributed by atoms with Crippen LogP contribution in [0.2, 0.25) is 0 Å². The second-order valence-corrected chi connectivity index (χ2v) is 15.4. The van der Waals surface area contributed by atoms with Gasteiger partial charge in [-0.3, -0.25) is 14.6 Å². The molecule has 1 aromatic heterocycles. The molecule has 9 nitrogen and oxygen atoms in total. The number of aryl methyl sites for hydroxylation is 2. The summed E-state index contributed by atoms with van der Waals surface area (Å²) < 4.78 is 55.8.